The predicted octanol–water partition coefficient (Wildman–Crippen LogP) is 8.93. The Labute approximate surface area is 290 Å². The molecule has 0 unspecified atom stereocenters. The van der Waals surface area contributed by atoms with Gasteiger partial charge in [-0.2, -0.15) is 0 Å². The zero-order valence-electron chi connectivity index (χ0n) is 28.4. The predicted molar refractivity (Wildman–Crippen MR) is 210 cm³/mol. The summed E-state index contributed by atoms with van der Waals surface area (Å²) >= 11 is 0. The van der Waals surface area contributed by atoms with E-state index in [1.165, 1.54) is 127 Å². The minimum atomic E-state index is -0.431. The molecule has 2 nitrogen and oxygen atoms in total. The molecule has 4 aliphatic rings. The Hall–Kier alpha value is -5.80. The summed E-state index contributed by atoms with van der Waals surface area (Å²) in [6.07, 6.45) is 0. The first-order valence-electron chi connectivity index (χ1n) is 18.0. The molecule has 2 aromatic heterocycles. The number of aryl methyl sites for hydroxylation is 3. The fraction of sp³-hybridized carbons (Fsp3) is 0.106. The number of rotatable bonds is 0. The van der Waals surface area contributed by atoms with Crippen molar-refractivity contribution in [3.63, 3.8) is 0 Å². The van der Waals surface area contributed by atoms with Crippen LogP contribution in [0.25, 0.3) is 66.0 Å². The zero-order chi connectivity index (χ0) is 32.9. The van der Waals surface area contributed by atoms with Crippen LogP contribution in [0.3, 0.4) is 0 Å². The first kappa shape index (κ1) is 26.1. The molecular weight excluding hydrogens is 603 g/mol. The number of nitrogens with zero attached hydrogens (tertiary/aromatic N) is 2. The Morgan fingerprint density at radius 2 is 1.18 bits per heavy atom. The summed E-state index contributed by atoms with van der Waals surface area (Å²) in [4.78, 5) is 0. The molecule has 0 atom stereocenters. The molecule has 1 aliphatic carbocycles. The van der Waals surface area contributed by atoms with Crippen molar-refractivity contribution >= 4 is 66.6 Å². The maximum Gasteiger partial charge on any atom is 0.253 e. The van der Waals surface area contributed by atoms with E-state index in [1.54, 1.807) is 0 Å². The van der Waals surface area contributed by atoms with Crippen molar-refractivity contribution in [1.82, 2.24) is 9.13 Å². The van der Waals surface area contributed by atoms with Gasteiger partial charge in [0.15, 0.2) is 0 Å². The van der Waals surface area contributed by atoms with Crippen LogP contribution in [-0.2, 0) is 5.41 Å². The van der Waals surface area contributed by atoms with Gasteiger partial charge in [-0.15, -0.1) is 0 Å². The van der Waals surface area contributed by atoms with Gasteiger partial charge in [-0.3, -0.25) is 0 Å². The minimum Gasteiger partial charge on any atom is -0.315 e. The van der Waals surface area contributed by atoms with E-state index >= 15 is 0 Å². The smallest absolute Gasteiger partial charge is 0.253 e. The molecule has 7 aromatic carbocycles. The van der Waals surface area contributed by atoms with Gasteiger partial charge in [-0.05, 0) is 117 Å². The largest absolute Gasteiger partial charge is 0.315 e. The number of aromatic nitrogens is 2. The highest BCUT2D eigenvalue weighted by molar-refractivity contribution is 7.01. The van der Waals surface area contributed by atoms with Crippen LogP contribution >= 0.6 is 0 Å². The molecule has 0 saturated heterocycles. The number of hydrogen-bond donors (Lipinski definition) is 0. The maximum absolute atomic E-state index is 2.73. The van der Waals surface area contributed by atoms with Gasteiger partial charge in [0, 0.05) is 44.3 Å². The number of fused-ring (bicyclic) bond motifs is 13. The monoisotopic (exact) mass is 634 g/mol. The van der Waals surface area contributed by atoms with Crippen molar-refractivity contribution in [2.24, 2.45) is 0 Å². The lowest BCUT2D eigenvalue weighted by Crippen LogP contribution is -2.60. The Morgan fingerprint density at radius 1 is 0.520 bits per heavy atom. The number of benzene rings is 7. The summed E-state index contributed by atoms with van der Waals surface area (Å²) in [6.45, 7) is 9.41. The molecule has 0 amide bonds. The van der Waals surface area contributed by atoms with Gasteiger partial charge in [0.25, 0.3) is 6.71 Å². The van der Waals surface area contributed by atoms with E-state index < -0.39 is 5.41 Å². The van der Waals surface area contributed by atoms with Crippen molar-refractivity contribution in [3.05, 3.63) is 160 Å². The van der Waals surface area contributed by atoms with Gasteiger partial charge >= 0.3 is 0 Å². The SMILES string of the molecule is Cc1c(C)n2c3c(c4ccccc4cc13)B1c3c-2ccc2c3-n3c4c1ccc(C)c4c1c(C)ccc(c13)C21c2ccccc2-c2ccccc21. The van der Waals surface area contributed by atoms with Crippen molar-refractivity contribution in [2.45, 2.75) is 33.1 Å². The van der Waals surface area contributed by atoms with Crippen LogP contribution in [-0.4, -0.2) is 15.8 Å². The highest BCUT2D eigenvalue weighted by Crippen LogP contribution is 2.61. The molecule has 0 fully saturated rings. The standard InChI is InChI=1S/C47H31BN2/c1-24-17-19-35-44-39(24)40-25(2)18-21-37-46(40)50(44)45-36(47(35)33-15-9-7-13-30(33)31-14-8-10-16-34(31)47)20-22-38-42(45)48(37)41-29-12-6-5-11-28(29)23-32-26(3)27(4)49(38)43(32)41/h5-23H,1-4H3. The van der Waals surface area contributed by atoms with Crippen LogP contribution in [0.4, 0.5) is 0 Å². The van der Waals surface area contributed by atoms with Crippen molar-refractivity contribution in [1.29, 1.82) is 0 Å². The minimum absolute atomic E-state index is 0.112. The molecule has 9 aromatic rings. The van der Waals surface area contributed by atoms with E-state index in [-0.39, 0.29) is 6.71 Å². The molecule has 13 rings (SSSR count). The summed E-state index contributed by atoms with van der Waals surface area (Å²) in [6, 6.07) is 44.7. The fourth-order valence-corrected chi connectivity index (χ4v) is 11.4. The lowest BCUT2D eigenvalue weighted by Gasteiger charge is -2.44. The van der Waals surface area contributed by atoms with Crippen LogP contribution < -0.4 is 16.4 Å². The lowest BCUT2D eigenvalue weighted by molar-refractivity contribution is 0.748. The molecule has 3 heteroatoms. The molecule has 3 aliphatic heterocycles. The molecule has 0 radical (unpaired) electrons. The Morgan fingerprint density at radius 3 is 1.96 bits per heavy atom. The molecule has 50 heavy (non-hydrogen) atoms. The second-order valence-electron chi connectivity index (χ2n) is 15.3. The first-order valence-corrected chi connectivity index (χ1v) is 18.0. The molecule has 0 N–H and O–H groups in total. The second-order valence-corrected chi connectivity index (χ2v) is 15.3. The normalized spacial score (nSPS) is 14.9. The van der Waals surface area contributed by atoms with E-state index in [0.29, 0.717) is 0 Å². The highest BCUT2D eigenvalue weighted by atomic mass is 15.1. The van der Waals surface area contributed by atoms with Gasteiger partial charge in [-0.25, -0.2) is 0 Å². The maximum atomic E-state index is 2.73. The molecule has 0 bridgehead atoms. The third-order valence-electron chi connectivity index (χ3n) is 13.4. The third-order valence-corrected chi connectivity index (χ3v) is 13.4. The highest BCUT2D eigenvalue weighted by Gasteiger charge is 2.54. The Balaban J connectivity index is 1.36. The molecule has 0 saturated carbocycles. The summed E-state index contributed by atoms with van der Waals surface area (Å²) in [5, 5.41) is 6.90. The van der Waals surface area contributed by atoms with Crippen LogP contribution in [0.1, 0.15) is 44.6 Å². The van der Waals surface area contributed by atoms with Crippen molar-refractivity contribution < 1.29 is 0 Å². The van der Waals surface area contributed by atoms with Gasteiger partial charge in [0.1, 0.15) is 0 Å². The number of hydrogen-bond acceptors (Lipinski definition) is 0. The van der Waals surface area contributed by atoms with Gasteiger partial charge < -0.3 is 9.13 Å². The van der Waals surface area contributed by atoms with Crippen LogP contribution in [0.15, 0.2) is 115 Å². The molecule has 232 valence electrons. The van der Waals surface area contributed by atoms with Gasteiger partial charge in [0.05, 0.1) is 10.9 Å². The average molecular weight is 635 g/mol. The summed E-state index contributed by atoms with van der Waals surface area (Å²) in [5.74, 6) is 0. The van der Waals surface area contributed by atoms with E-state index in [9.17, 15) is 0 Å². The summed E-state index contributed by atoms with van der Waals surface area (Å²) in [7, 11) is 0. The summed E-state index contributed by atoms with van der Waals surface area (Å²) < 4.78 is 5.35. The van der Waals surface area contributed by atoms with E-state index in [4.69, 9.17) is 0 Å². The Kier molecular flexibility index (Phi) is 4.26. The Bertz CT molecular complexity index is 3100. The van der Waals surface area contributed by atoms with Gasteiger partial charge in [-0.1, -0.05) is 103 Å². The first-order chi connectivity index (χ1) is 24.5. The quantitative estimate of drug-likeness (QED) is 0.148. The lowest BCUT2D eigenvalue weighted by atomic mass is 9.33. The topological polar surface area (TPSA) is 9.86 Å². The van der Waals surface area contributed by atoms with Crippen molar-refractivity contribution in [2.75, 3.05) is 0 Å². The van der Waals surface area contributed by atoms with Crippen LogP contribution in [0, 0.1) is 27.7 Å². The molecule has 1 spiro atoms. The van der Waals surface area contributed by atoms with E-state index in [2.05, 4.69) is 152 Å². The van der Waals surface area contributed by atoms with Crippen molar-refractivity contribution in [3.8, 4) is 22.5 Å². The fourth-order valence-electron chi connectivity index (χ4n) is 11.4. The van der Waals surface area contributed by atoms with E-state index in [0.717, 1.165) is 0 Å². The van der Waals surface area contributed by atoms with E-state index in [1.807, 2.05) is 0 Å². The zero-order valence-corrected chi connectivity index (χ0v) is 28.4. The second kappa shape index (κ2) is 8.14. The molecule has 5 heterocycles. The van der Waals surface area contributed by atoms with Gasteiger partial charge in [0.2, 0.25) is 0 Å². The van der Waals surface area contributed by atoms with Crippen LogP contribution in [0.5, 0.6) is 0 Å². The molecular formula is C47H31BN2. The third kappa shape index (κ3) is 2.47. The average Bonchev–Trinajstić information content (AvgIpc) is 3.75. The van der Waals surface area contributed by atoms with Crippen LogP contribution in [0.2, 0.25) is 0 Å². The summed E-state index contributed by atoms with van der Waals surface area (Å²) in [5.41, 5.74) is 24.5.